The number of imidazole rings is 1. The lowest BCUT2D eigenvalue weighted by Crippen LogP contribution is -2.26. The van der Waals surface area contributed by atoms with E-state index in [1.807, 2.05) is 17.7 Å². The summed E-state index contributed by atoms with van der Waals surface area (Å²) >= 11 is 0. The van der Waals surface area contributed by atoms with Crippen LogP contribution in [0.15, 0.2) is 23.6 Å². The summed E-state index contributed by atoms with van der Waals surface area (Å²) in [6.45, 7) is 2.21. The summed E-state index contributed by atoms with van der Waals surface area (Å²) in [5.74, 6) is 0. The van der Waals surface area contributed by atoms with Gasteiger partial charge in [-0.1, -0.05) is 25.7 Å². The van der Waals surface area contributed by atoms with E-state index in [2.05, 4.69) is 20.1 Å². The molecular formula is C19H31N5O3S. The summed E-state index contributed by atoms with van der Waals surface area (Å²) < 4.78 is 33.7. The molecular weight excluding hydrogens is 378 g/mol. The number of aromatic amines is 1. The summed E-state index contributed by atoms with van der Waals surface area (Å²) in [5, 5.41) is 6.79. The Morgan fingerprint density at radius 1 is 1.25 bits per heavy atom. The average molecular weight is 410 g/mol. The van der Waals surface area contributed by atoms with Crippen molar-refractivity contribution in [3.8, 4) is 0 Å². The van der Waals surface area contributed by atoms with Gasteiger partial charge in [0.2, 0.25) is 15.0 Å². The Bertz CT molecular complexity index is 824. The normalized spacial score (nSPS) is 16.5. The van der Waals surface area contributed by atoms with Crippen molar-refractivity contribution in [3.05, 3.63) is 29.8 Å². The number of nitrogens with one attached hydrogen (secondary N) is 1. The van der Waals surface area contributed by atoms with Crippen molar-refractivity contribution in [2.45, 2.75) is 68.6 Å². The van der Waals surface area contributed by atoms with E-state index in [1.54, 1.807) is 19.5 Å². The first kappa shape index (κ1) is 21.0. The minimum atomic E-state index is -3.45. The van der Waals surface area contributed by atoms with E-state index in [-0.39, 0.29) is 10.4 Å². The maximum absolute atomic E-state index is 13.3. The molecule has 0 bridgehead atoms. The van der Waals surface area contributed by atoms with Crippen LogP contribution in [0, 0.1) is 0 Å². The van der Waals surface area contributed by atoms with Crippen LogP contribution in [0.4, 0.5) is 0 Å². The quantitative estimate of drug-likeness (QED) is 0.639. The first-order valence-electron chi connectivity index (χ1n) is 9.96. The fraction of sp³-hybridized carbons (Fsp3) is 0.684. The molecule has 0 amide bonds. The minimum Gasteiger partial charge on any atom is -0.383 e. The van der Waals surface area contributed by atoms with E-state index < -0.39 is 9.84 Å². The van der Waals surface area contributed by atoms with Crippen molar-refractivity contribution < 1.29 is 13.2 Å². The van der Waals surface area contributed by atoms with E-state index >= 15 is 0 Å². The maximum Gasteiger partial charge on any atom is 0.228 e. The molecule has 156 valence electrons. The van der Waals surface area contributed by atoms with E-state index in [1.165, 1.54) is 0 Å². The second kappa shape index (κ2) is 9.67. The lowest BCUT2D eigenvalue weighted by Gasteiger charge is -2.19. The number of aromatic nitrogens is 4. The van der Waals surface area contributed by atoms with Gasteiger partial charge >= 0.3 is 0 Å². The molecule has 2 aromatic rings. The van der Waals surface area contributed by atoms with Gasteiger partial charge in [0.25, 0.3) is 0 Å². The van der Waals surface area contributed by atoms with Crippen LogP contribution in [-0.2, 0) is 34.2 Å². The topological polar surface area (TPSA) is 93.1 Å². The number of ether oxygens (including phenoxy) is 1. The standard InChI is InChI=1S/C19H31N5O3S/c1-23(14-16-9-10-21-22-16)15-17-13-20-19(24(17)11-12-27-2)28(25,26)18-7-5-3-4-6-8-18/h9-10,13,18H,3-8,11-12,14-15H2,1-2H3,(H,21,22). The highest BCUT2D eigenvalue weighted by molar-refractivity contribution is 7.91. The Morgan fingerprint density at radius 3 is 2.64 bits per heavy atom. The predicted molar refractivity (Wildman–Crippen MR) is 107 cm³/mol. The van der Waals surface area contributed by atoms with Crippen LogP contribution in [0.5, 0.6) is 0 Å². The SMILES string of the molecule is COCCn1c(CN(C)Cc2ccn[nH]2)cnc1S(=O)(=O)C1CCCCCC1. The van der Waals surface area contributed by atoms with Crippen molar-refractivity contribution in [2.24, 2.45) is 0 Å². The molecule has 0 aliphatic heterocycles. The highest BCUT2D eigenvalue weighted by Crippen LogP contribution is 2.28. The van der Waals surface area contributed by atoms with Gasteiger partial charge in [0.1, 0.15) is 0 Å². The van der Waals surface area contributed by atoms with Crippen molar-refractivity contribution in [3.63, 3.8) is 0 Å². The highest BCUT2D eigenvalue weighted by atomic mass is 32.2. The van der Waals surface area contributed by atoms with Crippen LogP contribution in [0.2, 0.25) is 0 Å². The first-order valence-corrected chi connectivity index (χ1v) is 11.5. The van der Waals surface area contributed by atoms with Crippen LogP contribution >= 0.6 is 0 Å². The molecule has 1 aliphatic rings. The van der Waals surface area contributed by atoms with E-state index in [0.717, 1.165) is 49.9 Å². The lowest BCUT2D eigenvalue weighted by molar-refractivity contribution is 0.181. The van der Waals surface area contributed by atoms with E-state index in [4.69, 9.17) is 4.74 Å². The van der Waals surface area contributed by atoms with Gasteiger partial charge in [-0.25, -0.2) is 13.4 Å². The number of methoxy groups -OCH3 is 1. The van der Waals surface area contributed by atoms with Gasteiger partial charge in [-0.3, -0.25) is 10.00 Å². The Morgan fingerprint density at radius 2 is 2.00 bits per heavy atom. The van der Waals surface area contributed by atoms with Crippen LogP contribution in [-0.4, -0.2) is 59.1 Å². The average Bonchev–Trinajstić information content (AvgIpc) is 3.21. The lowest BCUT2D eigenvalue weighted by atomic mass is 10.2. The predicted octanol–water partition coefficient (Wildman–Crippen LogP) is 2.38. The maximum atomic E-state index is 13.3. The molecule has 0 radical (unpaired) electrons. The van der Waals surface area contributed by atoms with Gasteiger partial charge in [-0.05, 0) is 26.0 Å². The minimum absolute atomic E-state index is 0.196. The van der Waals surface area contributed by atoms with Crippen molar-refractivity contribution >= 4 is 9.84 Å². The molecule has 0 aromatic carbocycles. The van der Waals surface area contributed by atoms with Crippen LogP contribution in [0.1, 0.15) is 49.9 Å². The molecule has 9 heteroatoms. The molecule has 8 nitrogen and oxygen atoms in total. The second-order valence-corrected chi connectivity index (χ2v) is 9.71. The van der Waals surface area contributed by atoms with Crippen LogP contribution < -0.4 is 0 Å². The van der Waals surface area contributed by atoms with Crippen LogP contribution in [0.3, 0.4) is 0 Å². The molecule has 2 aromatic heterocycles. The summed E-state index contributed by atoms with van der Waals surface area (Å²) in [6, 6.07) is 1.93. The molecule has 0 unspecified atom stereocenters. The Labute approximate surface area is 167 Å². The molecule has 1 aliphatic carbocycles. The van der Waals surface area contributed by atoms with Gasteiger partial charge in [-0.2, -0.15) is 5.10 Å². The molecule has 0 saturated heterocycles. The molecule has 2 heterocycles. The zero-order valence-electron chi connectivity index (χ0n) is 16.8. The Hall–Kier alpha value is -1.71. The molecule has 1 N–H and O–H groups in total. The fourth-order valence-electron chi connectivity index (χ4n) is 3.86. The molecule has 3 rings (SSSR count). The number of sulfone groups is 1. The monoisotopic (exact) mass is 409 g/mol. The van der Waals surface area contributed by atoms with Gasteiger partial charge in [0, 0.05) is 38.6 Å². The molecule has 1 saturated carbocycles. The third-order valence-corrected chi connectivity index (χ3v) is 7.53. The molecule has 28 heavy (non-hydrogen) atoms. The summed E-state index contributed by atoms with van der Waals surface area (Å²) in [6.07, 6.45) is 9.07. The highest BCUT2D eigenvalue weighted by Gasteiger charge is 2.32. The zero-order chi connectivity index (χ0) is 20.0. The van der Waals surface area contributed by atoms with Crippen LogP contribution in [0.25, 0.3) is 0 Å². The third-order valence-electron chi connectivity index (χ3n) is 5.35. The van der Waals surface area contributed by atoms with E-state index in [9.17, 15) is 8.42 Å². The number of rotatable bonds is 9. The van der Waals surface area contributed by atoms with Gasteiger partial charge < -0.3 is 9.30 Å². The Balaban J connectivity index is 1.82. The summed E-state index contributed by atoms with van der Waals surface area (Å²) in [7, 11) is 0.170. The molecule has 0 atom stereocenters. The third kappa shape index (κ3) is 5.01. The van der Waals surface area contributed by atoms with Crippen molar-refractivity contribution in [2.75, 3.05) is 20.8 Å². The first-order chi connectivity index (χ1) is 13.5. The van der Waals surface area contributed by atoms with Crippen molar-refractivity contribution in [1.29, 1.82) is 0 Å². The number of hydrogen-bond donors (Lipinski definition) is 1. The smallest absolute Gasteiger partial charge is 0.228 e. The number of nitrogens with zero attached hydrogens (tertiary/aromatic N) is 4. The Kier molecular flexibility index (Phi) is 7.25. The van der Waals surface area contributed by atoms with Gasteiger partial charge in [0.05, 0.1) is 23.7 Å². The van der Waals surface area contributed by atoms with Gasteiger partial charge in [0.15, 0.2) is 0 Å². The molecule has 0 spiro atoms. The van der Waals surface area contributed by atoms with E-state index in [0.29, 0.717) is 26.2 Å². The second-order valence-electron chi connectivity index (χ2n) is 7.59. The van der Waals surface area contributed by atoms with Crippen molar-refractivity contribution in [1.82, 2.24) is 24.6 Å². The zero-order valence-corrected chi connectivity index (χ0v) is 17.6. The summed E-state index contributed by atoms with van der Waals surface area (Å²) in [4.78, 5) is 6.48. The van der Waals surface area contributed by atoms with Gasteiger partial charge in [-0.15, -0.1) is 0 Å². The fourth-order valence-corrected chi connectivity index (χ4v) is 5.83. The number of hydrogen-bond acceptors (Lipinski definition) is 6. The molecule has 1 fully saturated rings. The largest absolute Gasteiger partial charge is 0.383 e. The summed E-state index contributed by atoms with van der Waals surface area (Å²) in [5.41, 5.74) is 1.89. The number of H-pyrrole nitrogens is 1.